The molecule has 2 aromatic carbocycles. The molecule has 0 bridgehead atoms. The predicted molar refractivity (Wildman–Crippen MR) is 136 cm³/mol. The maximum absolute atomic E-state index is 6.48. The monoisotopic (exact) mass is 470 g/mol. The normalized spacial score (nSPS) is 12.2. The summed E-state index contributed by atoms with van der Waals surface area (Å²) in [6, 6.07) is 16.3. The first-order valence-electron chi connectivity index (χ1n) is 11.1. The number of nitrogens with zero attached hydrogens (tertiary/aromatic N) is 5. The number of anilines is 1. The van der Waals surface area contributed by atoms with Gasteiger partial charge in [0.2, 0.25) is 0 Å². The molecule has 5 aromatic rings. The molecule has 2 N–H and O–H groups in total. The summed E-state index contributed by atoms with van der Waals surface area (Å²) in [4.78, 5) is 13.7. The van der Waals surface area contributed by atoms with Crippen molar-refractivity contribution in [3.05, 3.63) is 82.4 Å². The number of hydrogen-bond acceptors (Lipinski definition) is 7. The molecule has 0 unspecified atom stereocenters. The van der Waals surface area contributed by atoms with Gasteiger partial charge in [-0.15, -0.1) is 11.3 Å². The van der Waals surface area contributed by atoms with Crippen molar-refractivity contribution in [3.63, 3.8) is 0 Å². The average molecular weight is 471 g/mol. The molecule has 0 saturated heterocycles. The quantitative estimate of drug-likeness (QED) is 0.356. The van der Waals surface area contributed by atoms with Crippen LogP contribution in [0.5, 0.6) is 5.75 Å². The Morgan fingerprint density at radius 3 is 2.74 bits per heavy atom. The number of fused-ring (bicyclic) bond motifs is 1. The minimum atomic E-state index is -0.0322. The second-order valence-corrected chi connectivity index (χ2v) is 9.32. The molecule has 0 amide bonds. The Morgan fingerprint density at radius 1 is 1.09 bits per heavy atom. The molecule has 34 heavy (non-hydrogen) atoms. The number of benzene rings is 2. The van der Waals surface area contributed by atoms with Crippen molar-refractivity contribution in [3.8, 4) is 17.0 Å². The van der Waals surface area contributed by atoms with Gasteiger partial charge in [0.25, 0.3) is 0 Å². The number of aryl methyl sites for hydroxylation is 3. The van der Waals surface area contributed by atoms with Gasteiger partial charge in [0.05, 0.1) is 32.8 Å². The van der Waals surface area contributed by atoms with Crippen LogP contribution in [-0.2, 0) is 13.7 Å². The zero-order valence-corrected chi connectivity index (χ0v) is 20.4. The Kier molecular flexibility index (Phi) is 5.75. The van der Waals surface area contributed by atoms with Crippen molar-refractivity contribution in [2.75, 3.05) is 5.73 Å². The maximum atomic E-state index is 6.48. The van der Waals surface area contributed by atoms with E-state index in [-0.39, 0.29) is 5.92 Å². The van der Waals surface area contributed by atoms with Crippen LogP contribution in [0.25, 0.3) is 21.5 Å². The van der Waals surface area contributed by atoms with Gasteiger partial charge >= 0.3 is 0 Å². The van der Waals surface area contributed by atoms with E-state index in [0.29, 0.717) is 18.2 Å². The van der Waals surface area contributed by atoms with Crippen LogP contribution >= 0.6 is 11.3 Å². The molecule has 0 aliphatic rings. The van der Waals surface area contributed by atoms with E-state index in [4.69, 9.17) is 15.5 Å². The summed E-state index contributed by atoms with van der Waals surface area (Å²) in [6.45, 7) is 6.42. The fourth-order valence-electron chi connectivity index (χ4n) is 4.25. The van der Waals surface area contributed by atoms with Crippen LogP contribution in [0.4, 0.5) is 5.82 Å². The molecular weight excluding hydrogens is 444 g/mol. The first-order valence-corrected chi connectivity index (χ1v) is 12.0. The SMILES string of the molecule is Cc1cc(COc2cccc([C@@H](C)c3c(N)nc(C)nc3-c3ccc4ncsc4c3)c2)n(C)n1. The highest BCUT2D eigenvalue weighted by atomic mass is 32.1. The average Bonchev–Trinajstić information content (AvgIpc) is 3.41. The Bertz CT molecular complexity index is 1490. The fourth-order valence-corrected chi connectivity index (χ4v) is 4.97. The van der Waals surface area contributed by atoms with Gasteiger partial charge < -0.3 is 10.5 Å². The molecule has 172 valence electrons. The van der Waals surface area contributed by atoms with Crippen LogP contribution < -0.4 is 10.5 Å². The van der Waals surface area contributed by atoms with Gasteiger partial charge in [-0.1, -0.05) is 25.1 Å². The zero-order chi connectivity index (χ0) is 23.8. The standard InChI is InChI=1S/C26H26N6OS/c1-15-10-20(32(4)31-15)13-33-21-7-5-6-18(11-21)16(2)24-25(29-17(3)30-26(24)27)19-8-9-22-23(12-19)34-14-28-22/h5-12,14,16H,13H2,1-4H3,(H2,27,29,30)/t16-/m1/s1. The van der Waals surface area contributed by atoms with Gasteiger partial charge in [0.1, 0.15) is 24.0 Å². The number of aromatic nitrogens is 5. The zero-order valence-electron chi connectivity index (χ0n) is 19.6. The van der Waals surface area contributed by atoms with Crippen LogP contribution in [0, 0.1) is 13.8 Å². The number of thiazole rings is 1. The van der Waals surface area contributed by atoms with Gasteiger partial charge in [-0.3, -0.25) is 4.68 Å². The molecule has 0 aliphatic heterocycles. The molecular formula is C26H26N6OS. The molecule has 3 heterocycles. The van der Waals surface area contributed by atoms with Crippen LogP contribution in [0.2, 0.25) is 0 Å². The van der Waals surface area contributed by atoms with Crippen LogP contribution in [0.3, 0.4) is 0 Å². The topological polar surface area (TPSA) is 91.7 Å². The maximum Gasteiger partial charge on any atom is 0.131 e. The van der Waals surface area contributed by atoms with Gasteiger partial charge in [-0.2, -0.15) is 5.10 Å². The van der Waals surface area contributed by atoms with E-state index in [1.54, 1.807) is 11.3 Å². The third-order valence-electron chi connectivity index (χ3n) is 5.97. The van der Waals surface area contributed by atoms with Crippen LogP contribution in [-0.4, -0.2) is 24.7 Å². The second kappa shape index (κ2) is 8.87. The van der Waals surface area contributed by atoms with E-state index in [1.165, 1.54) is 0 Å². The second-order valence-electron chi connectivity index (χ2n) is 8.44. The minimum absolute atomic E-state index is 0.0322. The number of hydrogen-bond donors (Lipinski definition) is 1. The van der Waals surface area contributed by atoms with Crippen molar-refractivity contribution in [1.82, 2.24) is 24.7 Å². The summed E-state index contributed by atoms with van der Waals surface area (Å²) in [6.07, 6.45) is 0. The first kappa shape index (κ1) is 22.0. The van der Waals surface area contributed by atoms with Crippen molar-refractivity contribution in [1.29, 1.82) is 0 Å². The minimum Gasteiger partial charge on any atom is -0.487 e. The number of ether oxygens (including phenoxy) is 1. The highest BCUT2D eigenvalue weighted by molar-refractivity contribution is 7.16. The van der Waals surface area contributed by atoms with Crippen molar-refractivity contribution in [2.24, 2.45) is 7.05 Å². The van der Waals surface area contributed by atoms with E-state index in [2.05, 4.69) is 46.3 Å². The lowest BCUT2D eigenvalue weighted by Gasteiger charge is -2.19. The van der Waals surface area contributed by atoms with Crippen molar-refractivity contribution < 1.29 is 4.74 Å². The third-order valence-corrected chi connectivity index (χ3v) is 6.76. The highest BCUT2D eigenvalue weighted by Gasteiger charge is 2.21. The number of nitrogen functional groups attached to an aromatic ring is 1. The van der Waals surface area contributed by atoms with E-state index >= 15 is 0 Å². The summed E-state index contributed by atoms with van der Waals surface area (Å²) < 4.78 is 9.05. The van der Waals surface area contributed by atoms with Crippen molar-refractivity contribution in [2.45, 2.75) is 33.3 Å². The molecule has 0 radical (unpaired) electrons. The lowest BCUT2D eigenvalue weighted by molar-refractivity contribution is 0.294. The van der Waals surface area contributed by atoms with E-state index in [9.17, 15) is 0 Å². The Labute approximate surface area is 202 Å². The lowest BCUT2D eigenvalue weighted by Crippen LogP contribution is -2.09. The molecule has 7 nitrogen and oxygen atoms in total. The summed E-state index contributed by atoms with van der Waals surface area (Å²) in [5.74, 6) is 1.91. The van der Waals surface area contributed by atoms with E-state index in [1.807, 2.05) is 55.4 Å². The molecule has 1 atom stereocenters. The largest absolute Gasteiger partial charge is 0.487 e. The van der Waals surface area contributed by atoms with Gasteiger partial charge in [0, 0.05) is 24.1 Å². The molecule has 5 rings (SSSR count). The van der Waals surface area contributed by atoms with Gasteiger partial charge in [-0.25, -0.2) is 15.0 Å². The molecule has 8 heteroatoms. The molecule has 0 fully saturated rings. The summed E-state index contributed by atoms with van der Waals surface area (Å²) >= 11 is 1.61. The smallest absolute Gasteiger partial charge is 0.131 e. The molecule has 0 spiro atoms. The summed E-state index contributed by atoms with van der Waals surface area (Å²) in [5, 5.41) is 4.39. The highest BCUT2D eigenvalue weighted by Crippen LogP contribution is 2.37. The van der Waals surface area contributed by atoms with Crippen molar-refractivity contribution >= 4 is 27.4 Å². The van der Waals surface area contributed by atoms with Crippen LogP contribution in [0.1, 0.15) is 41.2 Å². The summed E-state index contributed by atoms with van der Waals surface area (Å²) in [7, 11) is 1.93. The Morgan fingerprint density at radius 2 is 1.94 bits per heavy atom. The molecule has 3 aromatic heterocycles. The van der Waals surface area contributed by atoms with Gasteiger partial charge in [-0.05, 0) is 49.7 Å². The molecule has 0 aliphatic carbocycles. The third kappa shape index (κ3) is 4.24. The summed E-state index contributed by atoms with van der Waals surface area (Å²) in [5.41, 5.74) is 15.2. The molecule has 0 saturated carbocycles. The Hall–Kier alpha value is -3.78. The van der Waals surface area contributed by atoms with Crippen LogP contribution in [0.15, 0.2) is 54.0 Å². The van der Waals surface area contributed by atoms with E-state index in [0.717, 1.165) is 49.7 Å². The predicted octanol–water partition coefficient (Wildman–Crippen LogP) is 5.42. The number of nitrogens with two attached hydrogens (primary N) is 1. The lowest BCUT2D eigenvalue weighted by atomic mass is 9.90. The fraction of sp³-hybridized carbons (Fsp3) is 0.231. The number of rotatable bonds is 6. The first-order chi connectivity index (χ1) is 16.4. The Balaban J connectivity index is 1.49. The van der Waals surface area contributed by atoms with Gasteiger partial charge in [0.15, 0.2) is 0 Å². The van der Waals surface area contributed by atoms with E-state index < -0.39 is 0 Å².